The molecule has 4 heteroatoms. The Morgan fingerprint density at radius 3 is 2.82 bits per heavy atom. The van der Waals surface area contributed by atoms with Gasteiger partial charge in [0, 0.05) is 0 Å². The van der Waals surface area contributed by atoms with E-state index in [0.717, 1.165) is 12.0 Å². The molecule has 1 aromatic carbocycles. The molecule has 4 nitrogen and oxygen atoms in total. The summed E-state index contributed by atoms with van der Waals surface area (Å²) >= 11 is 0. The van der Waals surface area contributed by atoms with Crippen LogP contribution in [0.3, 0.4) is 0 Å². The number of carbonyl (C=O) groups is 1. The molecule has 1 aromatic rings. The average molecular weight is 236 g/mol. The molecule has 0 saturated carbocycles. The van der Waals surface area contributed by atoms with Crippen LogP contribution in [0.2, 0.25) is 0 Å². The third-order valence-electron chi connectivity index (χ3n) is 2.55. The molecule has 1 atom stereocenters. The second kappa shape index (κ2) is 6.25. The monoisotopic (exact) mass is 236 g/mol. The van der Waals surface area contributed by atoms with Crippen LogP contribution in [0.15, 0.2) is 18.2 Å². The number of nitrogens with one attached hydrogen (secondary N) is 1. The van der Waals surface area contributed by atoms with Crippen molar-refractivity contribution in [1.82, 2.24) is 0 Å². The number of rotatable bonds is 5. The Morgan fingerprint density at radius 1 is 1.53 bits per heavy atom. The van der Waals surface area contributed by atoms with Crippen LogP contribution in [-0.4, -0.2) is 19.1 Å². The highest BCUT2D eigenvalue weighted by Crippen LogP contribution is 2.25. The first-order valence-corrected chi connectivity index (χ1v) is 5.79. The molecule has 0 bridgehead atoms. The minimum atomic E-state index is -0.467. The first kappa shape index (κ1) is 13.5. The van der Waals surface area contributed by atoms with Gasteiger partial charge in [-0.2, -0.15) is 0 Å². The topological polar surface area (TPSA) is 64.4 Å². The van der Waals surface area contributed by atoms with E-state index >= 15 is 0 Å². The average Bonchev–Trinajstić information content (AvgIpc) is 2.31. The van der Waals surface area contributed by atoms with E-state index in [-0.39, 0.29) is 5.91 Å². The summed E-state index contributed by atoms with van der Waals surface area (Å²) in [5, 5.41) is 2.78. The molecule has 0 saturated heterocycles. The fourth-order valence-corrected chi connectivity index (χ4v) is 1.57. The van der Waals surface area contributed by atoms with Crippen molar-refractivity contribution in [2.24, 2.45) is 5.73 Å². The van der Waals surface area contributed by atoms with E-state index in [1.807, 2.05) is 32.0 Å². The zero-order valence-electron chi connectivity index (χ0n) is 10.6. The maximum absolute atomic E-state index is 11.8. The van der Waals surface area contributed by atoms with Gasteiger partial charge in [0.2, 0.25) is 5.91 Å². The summed E-state index contributed by atoms with van der Waals surface area (Å²) in [5.74, 6) is 0.482. The summed E-state index contributed by atoms with van der Waals surface area (Å²) in [5.41, 5.74) is 7.49. The molecule has 0 spiro atoms. The van der Waals surface area contributed by atoms with Crippen LogP contribution in [-0.2, 0) is 4.79 Å². The Bertz CT molecular complexity index is 391. The first-order valence-electron chi connectivity index (χ1n) is 5.79. The number of aryl methyl sites for hydroxylation is 1. The second-order valence-corrected chi connectivity index (χ2v) is 4.09. The number of methoxy groups -OCH3 is 1. The van der Waals surface area contributed by atoms with Gasteiger partial charge in [-0.1, -0.05) is 19.4 Å². The van der Waals surface area contributed by atoms with E-state index < -0.39 is 6.04 Å². The van der Waals surface area contributed by atoms with Crippen LogP contribution in [0.1, 0.15) is 25.3 Å². The van der Waals surface area contributed by atoms with Crippen LogP contribution in [0.4, 0.5) is 5.69 Å². The fraction of sp³-hybridized carbons (Fsp3) is 0.462. The first-order chi connectivity index (χ1) is 8.08. The normalized spacial score (nSPS) is 12.0. The van der Waals surface area contributed by atoms with Crippen LogP contribution in [0.25, 0.3) is 0 Å². The van der Waals surface area contributed by atoms with Crippen molar-refractivity contribution in [2.75, 3.05) is 12.4 Å². The maximum Gasteiger partial charge on any atom is 0.241 e. The third-order valence-corrected chi connectivity index (χ3v) is 2.55. The molecule has 0 heterocycles. The minimum Gasteiger partial charge on any atom is -0.495 e. The molecule has 0 radical (unpaired) electrons. The zero-order valence-corrected chi connectivity index (χ0v) is 10.6. The SMILES string of the molecule is CCC[C@@H](N)C(=O)Nc1ccc(C)cc1OC. The molecule has 17 heavy (non-hydrogen) atoms. The lowest BCUT2D eigenvalue weighted by Gasteiger charge is -2.14. The summed E-state index contributed by atoms with van der Waals surface area (Å²) in [6, 6.07) is 5.15. The summed E-state index contributed by atoms with van der Waals surface area (Å²) in [6.07, 6.45) is 1.57. The molecule has 3 N–H and O–H groups in total. The smallest absolute Gasteiger partial charge is 0.241 e. The minimum absolute atomic E-state index is 0.172. The quantitative estimate of drug-likeness (QED) is 0.822. The van der Waals surface area contributed by atoms with Gasteiger partial charge in [0.1, 0.15) is 5.75 Å². The molecular weight excluding hydrogens is 216 g/mol. The van der Waals surface area contributed by atoms with Gasteiger partial charge in [-0.25, -0.2) is 0 Å². The van der Waals surface area contributed by atoms with Crippen molar-refractivity contribution in [1.29, 1.82) is 0 Å². The number of amides is 1. The molecule has 1 rings (SSSR count). The van der Waals surface area contributed by atoms with Gasteiger partial charge in [0.15, 0.2) is 0 Å². The number of benzene rings is 1. The molecule has 0 aliphatic heterocycles. The summed E-state index contributed by atoms with van der Waals surface area (Å²) in [7, 11) is 1.58. The number of nitrogens with two attached hydrogens (primary N) is 1. The van der Waals surface area contributed by atoms with Crippen molar-refractivity contribution in [3.8, 4) is 5.75 Å². The number of ether oxygens (including phenoxy) is 1. The van der Waals surface area contributed by atoms with Gasteiger partial charge in [0.05, 0.1) is 18.8 Å². The van der Waals surface area contributed by atoms with Crippen molar-refractivity contribution in [3.63, 3.8) is 0 Å². The Balaban J connectivity index is 2.77. The molecule has 0 aliphatic rings. The predicted molar refractivity (Wildman–Crippen MR) is 69.2 cm³/mol. The van der Waals surface area contributed by atoms with E-state index in [1.54, 1.807) is 7.11 Å². The van der Waals surface area contributed by atoms with E-state index in [1.165, 1.54) is 0 Å². The lowest BCUT2D eigenvalue weighted by Crippen LogP contribution is -2.35. The highest BCUT2D eigenvalue weighted by atomic mass is 16.5. The van der Waals surface area contributed by atoms with Gasteiger partial charge in [-0.3, -0.25) is 4.79 Å². The number of hydrogen-bond donors (Lipinski definition) is 2. The molecule has 1 amide bonds. The number of anilines is 1. The van der Waals surface area contributed by atoms with Crippen LogP contribution >= 0.6 is 0 Å². The number of hydrogen-bond acceptors (Lipinski definition) is 3. The van der Waals surface area contributed by atoms with Crippen LogP contribution in [0.5, 0.6) is 5.75 Å². The standard InChI is InChI=1S/C13H20N2O2/c1-4-5-10(14)13(16)15-11-7-6-9(2)8-12(11)17-3/h6-8,10H,4-5,14H2,1-3H3,(H,15,16)/t10-/m1/s1. The van der Waals surface area contributed by atoms with Gasteiger partial charge >= 0.3 is 0 Å². The van der Waals surface area contributed by atoms with Gasteiger partial charge in [0.25, 0.3) is 0 Å². The lowest BCUT2D eigenvalue weighted by molar-refractivity contribution is -0.117. The van der Waals surface area contributed by atoms with Gasteiger partial charge in [-0.05, 0) is 31.0 Å². The number of carbonyl (C=O) groups excluding carboxylic acids is 1. The summed E-state index contributed by atoms with van der Waals surface area (Å²) < 4.78 is 5.21. The predicted octanol–water partition coefficient (Wildman–Crippen LogP) is 2.07. The Morgan fingerprint density at radius 2 is 2.24 bits per heavy atom. The highest BCUT2D eigenvalue weighted by molar-refractivity contribution is 5.95. The van der Waals surface area contributed by atoms with Crippen molar-refractivity contribution in [3.05, 3.63) is 23.8 Å². The van der Waals surface area contributed by atoms with E-state index in [2.05, 4.69) is 5.32 Å². The molecule has 94 valence electrons. The Labute approximate surface area is 102 Å². The van der Waals surface area contributed by atoms with Gasteiger partial charge < -0.3 is 15.8 Å². The lowest BCUT2D eigenvalue weighted by atomic mass is 10.1. The molecule has 0 unspecified atom stereocenters. The largest absolute Gasteiger partial charge is 0.495 e. The van der Waals surface area contributed by atoms with Crippen LogP contribution < -0.4 is 15.8 Å². The fourth-order valence-electron chi connectivity index (χ4n) is 1.57. The summed E-state index contributed by atoms with van der Waals surface area (Å²) in [4.78, 5) is 11.8. The third kappa shape index (κ3) is 3.75. The second-order valence-electron chi connectivity index (χ2n) is 4.09. The van der Waals surface area contributed by atoms with Crippen LogP contribution in [0, 0.1) is 6.92 Å². The highest BCUT2D eigenvalue weighted by Gasteiger charge is 2.14. The maximum atomic E-state index is 11.8. The van der Waals surface area contributed by atoms with Crippen molar-refractivity contribution < 1.29 is 9.53 Å². The summed E-state index contributed by atoms with van der Waals surface area (Å²) in [6.45, 7) is 3.97. The van der Waals surface area contributed by atoms with Crippen molar-refractivity contribution >= 4 is 11.6 Å². The zero-order chi connectivity index (χ0) is 12.8. The van der Waals surface area contributed by atoms with E-state index in [9.17, 15) is 4.79 Å². The molecule has 0 aromatic heterocycles. The Hall–Kier alpha value is -1.55. The van der Waals surface area contributed by atoms with E-state index in [4.69, 9.17) is 10.5 Å². The Kier molecular flexibility index (Phi) is 4.97. The van der Waals surface area contributed by atoms with Crippen molar-refractivity contribution in [2.45, 2.75) is 32.7 Å². The molecule has 0 aliphatic carbocycles. The molecular formula is C13H20N2O2. The molecule has 0 fully saturated rings. The van der Waals surface area contributed by atoms with Gasteiger partial charge in [-0.15, -0.1) is 0 Å². The van der Waals surface area contributed by atoms with E-state index in [0.29, 0.717) is 17.9 Å².